The Kier molecular flexibility index (Phi) is 7.97. The Labute approximate surface area is 260 Å². The summed E-state index contributed by atoms with van der Waals surface area (Å²) in [5, 5.41) is 7.55. The molecule has 4 aromatic carbocycles. The van der Waals surface area contributed by atoms with Crippen LogP contribution in [0, 0.1) is 17.3 Å². The molecule has 2 aliphatic heterocycles. The van der Waals surface area contributed by atoms with Crippen LogP contribution in [0.4, 0.5) is 0 Å². The Morgan fingerprint density at radius 1 is 0.614 bits per heavy atom. The average Bonchev–Trinajstić information content (AvgIpc) is 3.37. The van der Waals surface area contributed by atoms with Crippen molar-refractivity contribution in [2.45, 2.75) is 10.5 Å². The predicted octanol–water partition coefficient (Wildman–Crippen LogP) is 5.86. The SMILES string of the molecule is COc1ccc(C2SC(c3ccc(OC)cc3)C(C(=O)c3ccccc3)C3(C(N)=NN=C3N)C2C(=O)c2ccccc2)cc1. The molecule has 6 rings (SSSR count). The molecule has 9 heteroatoms. The summed E-state index contributed by atoms with van der Waals surface area (Å²) in [4.78, 5) is 29.6. The van der Waals surface area contributed by atoms with Crippen LogP contribution in [0.25, 0.3) is 0 Å². The molecule has 1 saturated heterocycles. The maximum atomic E-state index is 14.8. The molecule has 4 N–H and O–H groups in total. The van der Waals surface area contributed by atoms with E-state index in [0.717, 1.165) is 11.1 Å². The Morgan fingerprint density at radius 2 is 0.977 bits per heavy atom. The lowest BCUT2D eigenvalue weighted by molar-refractivity contribution is 0.0724. The molecule has 0 radical (unpaired) electrons. The molecule has 8 nitrogen and oxygen atoms in total. The molecular weight excluding hydrogens is 572 g/mol. The van der Waals surface area contributed by atoms with E-state index in [1.165, 1.54) is 0 Å². The summed E-state index contributed by atoms with van der Waals surface area (Å²) in [5.74, 6) is -0.751. The van der Waals surface area contributed by atoms with Crippen molar-refractivity contribution in [2.75, 3.05) is 14.2 Å². The second-order valence-corrected chi connectivity index (χ2v) is 12.1. The zero-order valence-corrected chi connectivity index (χ0v) is 25.1. The van der Waals surface area contributed by atoms with Crippen molar-refractivity contribution in [1.82, 2.24) is 0 Å². The van der Waals surface area contributed by atoms with Crippen molar-refractivity contribution in [3.8, 4) is 11.5 Å². The molecule has 4 atom stereocenters. The number of hydrogen-bond donors (Lipinski definition) is 2. The van der Waals surface area contributed by atoms with Gasteiger partial charge in [-0.1, -0.05) is 84.9 Å². The Bertz CT molecular complexity index is 1600. The van der Waals surface area contributed by atoms with Crippen molar-refractivity contribution >= 4 is 35.0 Å². The average molecular weight is 605 g/mol. The van der Waals surface area contributed by atoms with Crippen LogP contribution >= 0.6 is 11.8 Å². The van der Waals surface area contributed by atoms with E-state index in [1.54, 1.807) is 50.2 Å². The van der Waals surface area contributed by atoms with Crippen LogP contribution in [0.15, 0.2) is 119 Å². The van der Waals surface area contributed by atoms with Gasteiger partial charge in [0, 0.05) is 21.6 Å². The minimum Gasteiger partial charge on any atom is -0.497 e. The van der Waals surface area contributed by atoms with Crippen LogP contribution in [0.1, 0.15) is 42.3 Å². The van der Waals surface area contributed by atoms with Crippen molar-refractivity contribution in [2.24, 2.45) is 38.9 Å². The molecular formula is C35H32N4O4S. The first-order valence-corrected chi connectivity index (χ1v) is 15.1. The monoisotopic (exact) mass is 604 g/mol. The van der Waals surface area contributed by atoms with Crippen LogP contribution in [0.3, 0.4) is 0 Å². The van der Waals surface area contributed by atoms with Gasteiger partial charge < -0.3 is 20.9 Å². The standard InChI is InChI=1S/C35H32N4O4S/c1-42-25-17-13-23(14-18-25)31-27(29(40)21-9-5-3-6-10-21)35(33(36)38-39-34(35)37)28(30(41)22-11-7-4-8-12-22)32(44-31)24-15-19-26(43-2)20-16-24/h3-20,27-28,31-32H,1-2H3,(H2,36,38)(H2,37,39). The summed E-state index contributed by atoms with van der Waals surface area (Å²) in [7, 11) is 3.21. The van der Waals surface area contributed by atoms with Gasteiger partial charge in [0.2, 0.25) is 0 Å². The van der Waals surface area contributed by atoms with E-state index in [9.17, 15) is 9.59 Å². The summed E-state index contributed by atoms with van der Waals surface area (Å²) in [6.45, 7) is 0. The normalized spacial score (nSPS) is 22.1. The third-order valence-corrected chi connectivity index (χ3v) is 10.2. The van der Waals surface area contributed by atoms with Crippen LogP contribution < -0.4 is 20.9 Å². The Hall–Kier alpha value is -4.89. The molecule has 222 valence electrons. The van der Waals surface area contributed by atoms with Crippen LogP contribution in [-0.2, 0) is 0 Å². The van der Waals surface area contributed by atoms with Crippen molar-refractivity contribution in [3.63, 3.8) is 0 Å². The second kappa shape index (κ2) is 12.0. The highest BCUT2D eigenvalue weighted by Gasteiger charge is 2.67. The van der Waals surface area contributed by atoms with E-state index in [2.05, 4.69) is 10.2 Å². The number of ether oxygens (including phenoxy) is 2. The number of methoxy groups -OCH3 is 2. The van der Waals surface area contributed by atoms with Crippen molar-refractivity contribution in [1.29, 1.82) is 0 Å². The first-order chi connectivity index (χ1) is 21.4. The fourth-order valence-corrected chi connectivity index (χ4v) is 8.34. The van der Waals surface area contributed by atoms with E-state index in [4.69, 9.17) is 20.9 Å². The molecule has 44 heavy (non-hydrogen) atoms. The molecule has 1 spiro atoms. The molecule has 2 aliphatic rings. The lowest BCUT2D eigenvalue weighted by Gasteiger charge is -2.52. The largest absolute Gasteiger partial charge is 0.497 e. The number of amidine groups is 2. The number of benzene rings is 4. The number of hydrogen-bond acceptors (Lipinski definition) is 9. The quantitative estimate of drug-likeness (QED) is 0.241. The molecule has 4 unspecified atom stereocenters. The van der Waals surface area contributed by atoms with Crippen molar-refractivity contribution in [3.05, 3.63) is 131 Å². The lowest BCUT2D eigenvalue weighted by atomic mass is 9.57. The third-order valence-electron chi connectivity index (χ3n) is 8.56. The lowest BCUT2D eigenvalue weighted by Crippen LogP contribution is -2.63. The Balaban J connectivity index is 1.64. The number of thioether (sulfide) groups is 1. The van der Waals surface area contributed by atoms with E-state index in [-0.39, 0.29) is 23.2 Å². The third kappa shape index (κ3) is 4.83. The first-order valence-electron chi connectivity index (χ1n) is 14.2. The number of nitrogens with zero attached hydrogens (tertiary/aromatic N) is 2. The van der Waals surface area contributed by atoms with Gasteiger partial charge in [0.05, 0.1) is 26.1 Å². The van der Waals surface area contributed by atoms with E-state index < -0.39 is 27.8 Å². The zero-order chi connectivity index (χ0) is 30.8. The summed E-state index contributed by atoms with van der Waals surface area (Å²) in [6.07, 6.45) is 0. The fourth-order valence-electron chi connectivity index (χ4n) is 6.41. The van der Waals surface area contributed by atoms with Gasteiger partial charge in [-0.15, -0.1) is 22.0 Å². The molecule has 1 fully saturated rings. The molecule has 2 heterocycles. The molecule has 0 saturated carbocycles. The Morgan fingerprint density at radius 3 is 1.32 bits per heavy atom. The fraction of sp³-hybridized carbons (Fsp3) is 0.200. The molecule has 0 amide bonds. The number of rotatable bonds is 8. The molecule has 0 aromatic heterocycles. The van der Waals surface area contributed by atoms with Gasteiger partial charge in [-0.25, -0.2) is 0 Å². The molecule has 0 aliphatic carbocycles. The van der Waals surface area contributed by atoms with Crippen LogP contribution in [-0.4, -0.2) is 37.5 Å². The van der Waals surface area contributed by atoms with Gasteiger partial charge in [-0.3, -0.25) is 9.59 Å². The topological polar surface area (TPSA) is 129 Å². The maximum absolute atomic E-state index is 14.8. The number of carbonyl (C=O) groups excluding carboxylic acids is 2. The van der Waals surface area contributed by atoms with Gasteiger partial charge >= 0.3 is 0 Å². The van der Waals surface area contributed by atoms with Gasteiger partial charge in [0.25, 0.3) is 0 Å². The highest BCUT2D eigenvalue weighted by atomic mass is 32.2. The van der Waals surface area contributed by atoms with E-state index >= 15 is 0 Å². The van der Waals surface area contributed by atoms with Gasteiger partial charge in [-0.05, 0) is 35.4 Å². The van der Waals surface area contributed by atoms with Crippen LogP contribution in [0.5, 0.6) is 11.5 Å². The highest BCUT2D eigenvalue weighted by Crippen LogP contribution is 2.65. The predicted molar refractivity (Wildman–Crippen MR) is 173 cm³/mol. The van der Waals surface area contributed by atoms with Gasteiger partial charge in [0.1, 0.15) is 28.6 Å². The number of carbonyl (C=O) groups is 2. The van der Waals surface area contributed by atoms with Gasteiger partial charge in [0.15, 0.2) is 11.6 Å². The smallest absolute Gasteiger partial charge is 0.168 e. The first kappa shape index (κ1) is 29.2. The number of Topliss-reactive ketones (excluding diaryl/α,β-unsaturated/α-hetero) is 2. The summed E-state index contributed by atoms with van der Waals surface area (Å²) in [5.41, 5.74) is 14.8. The summed E-state index contributed by atoms with van der Waals surface area (Å²) >= 11 is 1.55. The van der Waals surface area contributed by atoms with Crippen molar-refractivity contribution < 1.29 is 19.1 Å². The number of nitrogens with two attached hydrogens (primary N) is 2. The minimum atomic E-state index is -1.51. The van der Waals surface area contributed by atoms with Gasteiger partial charge in [-0.2, -0.15) is 0 Å². The number of ketones is 2. The minimum absolute atomic E-state index is 0.0517. The zero-order valence-electron chi connectivity index (χ0n) is 24.3. The molecule has 0 bridgehead atoms. The molecule has 4 aromatic rings. The van der Waals surface area contributed by atoms with E-state index in [1.807, 2.05) is 84.9 Å². The summed E-state index contributed by atoms with van der Waals surface area (Å²) in [6, 6.07) is 33.2. The highest BCUT2D eigenvalue weighted by molar-refractivity contribution is 7.99. The summed E-state index contributed by atoms with van der Waals surface area (Å²) < 4.78 is 10.9. The maximum Gasteiger partial charge on any atom is 0.168 e. The van der Waals surface area contributed by atoms with E-state index in [0.29, 0.717) is 22.6 Å². The van der Waals surface area contributed by atoms with Crippen LogP contribution in [0.2, 0.25) is 0 Å². The second-order valence-electron chi connectivity index (χ2n) is 10.8.